The van der Waals surface area contributed by atoms with Crippen molar-refractivity contribution in [1.82, 2.24) is 0 Å². The summed E-state index contributed by atoms with van der Waals surface area (Å²) in [5, 5.41) is 9.09. The third-order valence-corrected chi connectivity index (χ3v) is 0.949. The Morgan fingerprint density at radius 3 is 2.36 bits per heavy atom. The van der Waals surface area contributed by atoms with E-state index in [4.69, 9.17) is 5.11 Å². The Hall–Kier alpha value is -0.830. The summed E-state index contributed by atoms with van der Waals surface area (Å²) in [5.41, 5.74) is -0.655. The van der Waals surface area contributed by atoms with Gasteiger partial charge in [0.25, 0.3) is 0 Å². The van der Waals surface area contributed by atoms with Gasteiger partial charge in [-0.25, -0.2) is 4.79 Å². The van der Waals surface area contributed by atoms with E-state index in [1.165, 1.54) is 13.8 Å². The quantitative estimate of drug-likeness (QED) is 0.490. The van der Waals surface area contributed by atoms with Gasteiger partial charge >= 0.3 is 5.97 Å². The summed E-state index contributed by atoms with van der Waals surface area (Å²) in [6, 6.07) is 0. The molecule has 0 radical (unpaired) electrons. The maximum atomic E-state index is 10.9. The number of rotatable bonds is 3. The van der Waals surface area contributed by atoms with Crippen LogP contribution in [0.4, 0.5) is 0 Å². The fraction of sp³-hybridized carbons (Fsp3) is 0.625. The lowest BCUT2D eigenvalue weighted by Gasteiger charge is -2.15. The molecule has 0 rings (SSSR count). The Kier molecular flexibility index (Phi) is 3.26. The van der Waals surface area contributed by atoms with Gasteiger partial charge in [-0.1, -0.05) is 6.58 Å². The minimum Gasteiger partial charge on any atom is -0.459 e. The Balaban J connectivity index is 3.80. The molecule has 1 N–H and O–H groups in total. The monoisotopic (exact) mass is 158 g/mol. The molecule has 0 saturated heterocycles. The second kappa shape index (κ2) is 3.53. The highest BCUT2D eigenvalue weighted by Crippen LogP contribution is 2.04. The molecule has 0 unspecified atom stereocenters. The van der Waals surface area contributed by atoms with Crippen LogP contribution in [0.25, 0.3) is 0 Å². The molecule has 3 nitrogen and oxygen atoms in total. The highest BCUT2D eigenvalue weighted by molar-refractivity contribution is 5.78. The lowest BCUT2D eigenvalue weighted by molar-refractivity contribution is -0.160. The van der Waals surface area contributed by atoms with Crippen molar-refractivity contribution in [1.29, 1.82) is 0 Å². The first-order valence-electron chi connectivity index (χ1n) is 3.38. The minimum absolute atomic E-state index is 0.169. The standard InChI is InChI=1S/C8H14O3/c1-6(2)5-11-7(9)8(3,4)10/h10H,1,5H2,2-4H3. The number of hydrogen-bond acceptors (Lipinski definition) is 3. The van der Waals surface area contributed by atoms with Crippen molar-refractivity contribution in [3.05, 3.63) is 12.2 Å². The molecule has 0 aromatic carbocycles. The summed E-state index contributed by atoms with van der Waals surface area (Å²) in [7, 11) is 0. The van der Waals surface area contributed by atoms with Gasteiger partial charge in [0.15, 0.2) is 5.60 Å². The summed E-state index contributed by atoms with van der Waals surface area (Å²) < 4.78 is 4.68. The Labute approximate surface area is 66.7 Å². The van der Waals surface area contributed by atoms with Crippen LogP contribution in [0.5, 0.6) is 0 Å². The van der Waals surface area contributed by atoms with E-state index in [1.807, 2.05) is 0 Å². The van der Waals surface area contributed by atoms with Crippen molar-refractivity contribution in [3.63, 3.8) is 0 Å². The van der Waals surface area contributed by atoms with Gasteiger partial charge in [0.1, 0.15) is 6.61 Å². The molecule has 0 aliphatic carbocycles. The van der Waals surface area contributed by atoms with Gasteiger partial charge in [0.05, 0.1) is 0 Å². The second-order valence-corrected chi connectivity index (χ2v) is 3.09. The van der Waals surface area contributed by atoms with E-state index in [0.29, 0.717) is 0 Å². The molecule has 0 aliphatic rings. The zero-order chi connectivity index (χ0) is 9.07. The van der Waals surface area contributed by atoms with Crippen molar-refractivity contribution in [3.8, 4) is 0 Å². The first kappa shape index (κ1) is 10.2. The summed E-state index contributed by atoms with van der Waals surface area (Å²) >= 11 is 0. The zero-order valence-corrected chi connectivity index (χ0v) is 7.18. The summed E-state index contributed by atoms with van der Waals surface area (Å²) in [6.07, 6.45) is 0. The molecule has 3 heteroatoms. The van der Waals surface area contributed by atoms with E-state index in [9.17, 15) is 4.79 Å². The minimum atomic E-state index is -1.41. The number of hydrogen-bond donors (Lipinski definition) is 1. The molecule has 0 aromatic heterocycles. The molecule has 0 amide bonds. The van der Waals surface area contributed by atoms with E-state index in [2.05, 4.69) is 11.3 Å². The van der Waals surface area contributed by atoms with Crippen molar-refractivity contribution in [2.75, 3.05) is 6.61 Å². The highest BCUT2D eigenvalue weighted by Gasteiger charge is 2.25. The first-order chi connectivity index (χ1) is 4.84. The van der Waals surface area contributed by atoms with Crippen LogP contribution < -0.4 is 0 Å². The van der Waals surface area contributed by atoms with E-state index in [-0.39, 0.29) is 6.61 Å². The number of aliphatic hydroxyl groups is 1. The van der Waals surface area contributed by atoms with Gasteiger partial charge in [0, 0.05) is 0 Å². The predicted molar refractivity (Wildman–Crippen MR) is 42.1 cm³/mol. The van der Waals surface area contributed by atoms with Gasteiger partial charge < -0.3 is 9.84 Å². The predicted octanol–water partition coefficient (Wildman–Crippen LogP) is 0.877. The average molecular weight is 158 g/mol. The van der Waals surface area contributed by atoms with Crippen LogP contribution in [-0.4, -0.2) is 23.3 Å². The third-order valence-electron chi connectivity index (χ3n) is 0.949. The molecule has 0 atom stereocenters. The summed E-state index contributed by atoms with van der Waals surface area (Å²) in [5.74, 6) is -0.625. The zero-order valence-electron chi connectivity index (χ0n) is 7.18. The van der Waals surface area contributed by atoms with Crippen LogP contribution in [0.15, 0.2) is 12.2 Å². The molecule has 0 spiro atoms. The summed E-state index contributed by atoms with van der Waals surface area (Å²) in [6.45, 7) is 8.23. The number of carbonyl (C=O) groups is 1. The third kappa shape index (κ3) is 4.56. The van der Waals surface area contributed by atoms with Crippen LogP contribution in [0.1, 0.15) is 20.8 Å². The Bertz CT molecular complexity index is 165. The maximum absolute atomic E-state index is 10.9. The topological polar surface area (TPSA) is 46.5 Å². The SMILES string of the molecule is C=C(C)COC(=O)C(C)(C)O. The number of carbonyl (C=O) groups excluding carboxylic acids is 1. The van der Waals surface area contributed by atoms with Crippen LogP contribution in [0.2, 0.25) is 0 Å². The molecular weight excluding hydrogens is 144 g/mol. The lowest BCUT2D eigenvalue weighted by Crippen LogP contribution is -2.33. The molecule has 0 aliphatic heterocycles. The molecule has 0 aromatic rings. The smallest absolute Gasteiger partial charge is 0.337 e. The van der Waals surface area contributed by atoms with Crippen molar-refractivity contribution in [2.45, 2.75) is 26.4 Å². The fourth-order valence-electron chi connectivity index (χ4n) is 0.365. The largest absolute Gasteiger partial charge is 0.459 e. The average Bonchev–Trinajstić information content (AvgIpc) is 1.80. The van der Waals surface area contributed by atoms with Crippen LogP contribution in [0.3, 0.4) is 0 Å². The molecule has 0 bridgehead atoms. The fourth-order valence-corrected chi connectivity index (χ4v) is 0.365. The van der Waals surface area contributed by atoms with Gasteiger partial charge in [-0.2, -0.15) is 0 Å². The molecule has 0 saturated carbocycles. The first-order valence-corrected chi connectivity index (χ1v) is 3.38. The Morgan fingerprint density at radius 2 is 2.09 bits per heavy atom. The molecule has 64 valence electrons. The normalized spacial score (nSPS) is 10.9. The van der Waals surface area contributed by atoms with E-state index in [0.717, 1.165) is 5.57 Å². The lowest BCUT2D eigenvalue weighted by atomic mass is 10.1. The van der Waals surface area contributed by atoms with Crippen LogP contribution >= 0.6 is 0 Å². The van der Waals surface area contributed by atoms with Crippen molar-refractivity contribution >= 4 is 5.97 Å². The Morgan fingerprint density at radius 1 is 1.64 bits per heavy atom. The number of esters is 1. The summed E-state index contributed by atoms with van der Waals surface area (Å²) in [4.78, 5) is 10.9. The molecule has 0 fully saturated rings. The highest BCUT2D eigenvalue weighted by atomic mass is 16.5. The van der Waals surface area contributed by atoms with Gasteiger partial charge in [-0.3, -0.25) is 0 Å². The molecule has 11 heavy (non-hydrogen) atoms. The van der Waals surface area contributed by atoms with Crippen LogP contribution in [-0.2, 0) is 9.53 Å². The van der Waals surface area contributed by atoms with Crippen molar-refractivity contribution < 1.29 is 14.6 Å². The van der Waals surface area contributed by atoms with E-state index < -0.39 is 11.6 Å². The second-order valence-electron chi connectivity index (χ2n) is 3.09. The van der Waals surface area contributed by atoms with Gasteiger partial charge in [-0.15, -0.1) is 0 Å². The van der Waals surface area contributed by atoms with Crippen LogP contribution in [0, 0.1) is 0 Å². The number of ether oxygens (including phenoxy) is 1. The maximum Gasteiger partial charge on any atom is 0.337 e. The van der Waals surface area contributed by atoms with E-state index in [1.54, 1.807) is 6.92 Å². The van der Waals surface area contributed by atoms with Gasteiger partial charge in [0.2, 0.25) is 0 Å². The van der Waals surface area contributed by atoms with Gasteiger partial charge in [-0.05, 0) is 26.3 Å². The molecule has 0 heterocycles. The van der Waals surface area contributed by atoms with E-state index >= 15 is 0 Å². The molecular formula is C8H14O3. The van der Waals surface area contributed by atoms with Crippen molar-refractivity contribution in [2.24, 2.45) is 0 Å².